The van der Waals surface area contributed by atoms with E-state index in [9.17, 15) is 0 Å². The van der Waals surface area contributed by atoms with Gasteiger partial charge in [0.05, 0.1) is 12.5 Å². The molecule has 0 saturated carbocycles. The Bertz CT molecular complexity index is 348. The Balaban J connectivity index is 2.64. The van der Waals surface area contributed by atoms with Gasteiger partial charge >= 0.3 is 0 Å². The van der Waals surface area contributed by atoms with Crippen molar-refractivity contribution in [1.82, 2.24) is 0 Å². The van der Waals surface area contributed by atoms with Gasteiger partial charge in [-0.2, -0.15) is 5.26 Å². The lowest BCUT2D eigenvalue weighted by atomic mass is 10.0. The van der Waals surface area contributed by atoms with E-state index in [2.05, 4.69) is 32.0 Å². The van der Waals surface area contributed by atoms with Crippen molar-refractivity contribution in [2.45, 2.75) is 45.6 Å². The van der Waals surface area contributed by atoms with E-state index in [0.29, 0.717) is 12.3 Å². The minimum absolute atomic E-state index is 0.00917. The lowest BCUT2D eigenvalue weighted by Gasteiger charge is -2.15. The lowest BCUT2D eigenvalue weighted by Crippen LogP contribution is -2.14. The van der Waals surface area contributed by atoms with Gasteiger partial charge in [0.1, 0.15) is 11.9 Å². The fraction of sp³-hybridized carbons (Fsp3) is 0.500. The first-order valence-electron chi connectivity index (χ1n) is 5.81. The third kappa shape index (κ3) is 3.58. The highest BCUT2D eigenvalue weighted by Gasteiger charge is 2.07. The van der Waals surface area contributed by atoms with Gasteiger partial charge < -0.3 is 4.74 Å². The molecule has 0 heterocycles. The molecule has 0 aromatic heterocycles. The predicted octanol–water partition coefficient (Wildman–Crippen LogP) is 3.88. The normalized spacial score (nSPS) is 12.2. The van der Waals surface area contributed by atoms with Crippen LogP contribution in [0, 0.1) is 11.3 Å². The number of hydrogen-bond donors (Lipinski definition) is 0. The maximum Gasteiger partial charge on any atom is 0.119 e. The Morgan fingerprint density at radius 2 is 1.88 bits per heavy atom. The Hall–Kier alpha value is -1.49. The minimum atomic E-state index is 0.00917. The van der Waals surface area contributed by atoms with E-state index < -0.39 is 0 Å². The van der Waals surface area contributed by atoms with E-state index in [1.807, 2.05) is 19.1 Å². The summed E-state index contributed by atoms with van der Waals surface area (Å²) < 4.78 is 5.72. The summed E-state index contributed by atoms with van der Waals surface area (Å²) in [5, 5.41) is 8.63. The Morgan fingerprint density at radius 1 is 1.25 bits per heavy atom. The van der Waals surface area contributed by atoms with Gasteiger partial charge in [-0.1, -0.05) is 32.9 Å². The molecule has 0 radical (unpaired) electrons. The number of benzene rings is 1. The van der Waals surface area contributed by atoms with Gasteiger partial charge in [-0.15, -0.1) is 0 Å². The molecular weight excluding hydrogens is 198 g/mol. The van der Waals surface area contributed by atoms with Gasteiger partial charge in [0.2, 0.25) is 0 Å². The summed E-state index contributed by atoms with van der Waals surface area (Å²) in [5.74, 6) is 1.39. The summed E-state index contributed by atoms with van der Waals surface area (Å²) in [5.41, 5.74) is 1.31. The van der Waals surface area contributed by atoms with Crippen LogP contribution in [0.15, 0.2) is 24.3 Å². The first-order valence-corrected chi connectivity index (χ1v) is 5.81. The molecule has 0 aliphatic rings. The molecular formula is C14H19NO. The Labute approximate surface area is 97.9 Å². The van der Waals surface area contributed by atoms with E-state index in [1.54, 1.807) is 0 Å². The summed E-state index contributed by atoms with van der Waals surface area (Å²) in [6.45, 7) is 6.37. The number of ether oxygens (including phenoxy) is 1. The summed E-state index contributed by atoms with van der Waals surface area (Å²) >= 11 is 0. The second-order valence-corrected chi connectivity index (χ2v) is 4.23. The number of hydrogen-bond acceptors (Lipinski definition) is 2. The van der Waals surface area contributed by atoms with Crippen LogP contribution in [0.25, 0.3) is 0 Å². The molecule has 0 aliphatic heterocycles. The fourth-order valence-electron chi connectivity index (χ4n) is 1.49. The molecule has 0 spiro atoms. The topological polar surface area (TPSA) is 33.0 Å². The van der Waals surface area contributed by atoms with E-state index in [0.717, 1.165) is 12.2 Å². The molecule has 0 bridgehead atoms. The molecule has 1 unspecified atom stereocenters. The average Bonchev–Trinajstić information content (AvgIpc) is 2.29. The highest BCUT2D eigenvalue weighted by Crippen LogP contribution is 2.20. The molecule has 0 fully saturated rings. The standard InChI is InChI=1S/C14H19NO/c1-4-13(9-10-15)16-14-7-5-12(6-8-14)11(2)3/h5-8,11,13H,4,9H2,1-3H3. The smallest absolute Gasteiger partial charge is 0.119 e. The van der Waals surface area contributed by atoms with Crippen molar-refractivity contribution in [2.24, 2.45) is 0 Å². The van der Waals surface area contributed by atoms with Gasteiger partial charge in [0.25, 0.3) is 0 Å². The van der Waals surface area contributed by atoms with E-state index in [1.165, 1.54) is 5.56 Å². The van der Waals surface area contributed by atoms with Crippen LogP contribution in [0.3, 0.4) is 0 Å². The highest BCUT2D eigenvalue weighted by atomic mass is 16.5. The average molecular weight is 217 g/mol. The third-order valence-electron chi connectivity index (χ3n) is 2.62. The Kier molecular flexibility index (Phi) is 4.85. The molecule has 0 N–H and O–H groups in total. The first kappa shape index (κ1) is 12.6. The van der Waals surface area contributed by atoms with Crippen molar-refractivity contribution in [3.63, 3.8) is 0 Å². The molecule has 0 aliphatic carbocycles. The molecule has 0 amide bonds. The molecule has 1 aromatic carbocycles. The summed E-state index contributed by atoms with van der Waals surface area (Å²) in [6.07, 6.45) is 1.32. The zero-order chi connectivity index (χ0) is 12.0. The maximum absolute atomic E-state index is 8.63. The van der Waals surface area contributed by atoms with Crippen molar-refractivity contribution >= 4 is 0 Å². The summed E-state index contributed by atoms with van der Waals surface area (Å²) in [4.78, 5) is 0. The van der Waals surface area contributed by atoms with Crippen LogP contribution in [0.2, 0.25) is 0 Å². The largest absolute Gasteiger partial charge is 0.489 e. The van der Waals surface area contributed by atoms with Crippen LogP contribution in [0.4, 0.5) is 0 Å². The van der Waals surface area contributed by atoms with Crippen molar-refractivity contribution in [3.8, 4) is 11.8 Å². The molecule has 2 nitrogen and oxygen atoms in total. The van der Waals surface area contributed by atoms with Crippen LogP contribution in [-0.2, 0) is 0 Å². The number of rotatable bonds is 5. The maximum atomic E-state index is 8.63. The van der Waals surface area contributed by atoms with Gasteiger partial charge in [0.15, 0.2) is 0 Å². The molecule has 0 saturated heterocycles. The van der Waals surface area contributed by atoms with Crippen molar-refractivity contribution in [2.75, 3.05) is 0 Å². The summed E-state index contributed by atoms with van der Waals surface area (Å²) in [7, 11) is 0. The van der Waals surface area contributed by atoms with Gasteiger partial charge in [0, 0.05) is 0 Å². The van der Waals surface area contributed by atoms with E-state index >= 15 is 0 Å². The minimum Gasteiger partial charge on any atom is -0.489 e. The number of nitriles is 1. The van der Waals surface area contributed by atoms with Gasteiger partial charge in [-0.25, -0.2) is 0 Å². The Morgan fingerprint density at radius 3 is 2.31 bits per heavy atom. The van der Waals surface area contributed by atoms with Crippen molar-refractivity contribution < 1.29 is 4.74 Å². The second-order valence-electron chi connectivity index (χ2n) is 4.23. The summed E-state index contributed by atoms with van der Waals surface area (Å²) in [6, 6.07) is 10.3. The monoisotopic (exact) mass is 217 g/mol. The zero-order valence-electron chi connectivity index (χ0n) is 10.2. The molecule has 1 aromatic rings. The van der Waals surface area contributed by atoms with Crippen molar-refractivity contribution in [1.29, 1.82) is 5.26 Å². The molecule has 86 valence electrons. The van der Waals surface area contributed by atoms with E-state index in [4.69, 9.17) is 10.00 Å². The fourth-order valence-corrected chi connectivity index (χ4v) is 1.49. The van der Waals surface area contributed by atoms with Crippen LogP contribution >= 0.6 is 0 Å². The zero-order valence-corrected chi connectivity index (χ0v) is 10.2. The molecule has 16 heavy (non-hydrogen) atoms. The lowest BCUT2D eigenvalue weighted by molar-refractivity contribution is 0.202. The van der Waals surface area contributed by atoms with Crippen LogP contribution in [-0.4, -0.2) is 6.10 Å². The SMILES string of the molecule is CCC(CC#N)Oc1ccc(C(C)C)cc1. The first-order chi connectivity index (χ1) is 7.67. The van der Waals surface area contributed by atoms with Gasteiger partial charge in [-0.3, -0.25) is 0 Å². The quantitative estimate of drug-likeness (QED) is 0.749. The van der Waals surface area contributed by atoms with Crippen LogP contribution in [0.5, 0.6) is 5.75 Å². The van der Waals surface area contributed by atoms with E-state index in [-0.39, 0.29) is 6.10 Å². The molecule has 2 heteroatoms. The van der Waals surface area contributed by atoms with Crippen molar-refractivity contribution in [3.05, 3.63) is 29.8 Å². The number of nitrogens with zero attached hydrogens (tertiary/aromatic N) is 1. The third-order valence-corrected chi connectivity index (χ3v) is 2.62. The van der Waals surface area contributed by atoms with Crippen LogP contribution in [0.1, 0.15) is 45.1 Å². The van der Waals surface area contributed by atoms with Crippen LogP contribution < -0.4 is 4.74 Å². The molecule has 1 rings (SSSR count). The molecule has 1 atom stereocenters. The highest BCUT2D eigenvalue weighted by molar-refractivity contribution is 5.29. The van der Waals surface area contributed by atoms with Gasteiger partial charge in [-0.05, 0) is 30.0 Å². The predicted molar refractivity (Wildman–Crippen MR) is 65.5 cm³/mol. The second kappa shape index (κ2) is 6.17.